The van der Waals surface area contributed by atoms with Crippen LogP contribution in [0.3, 0.4) is 0 Å². The molecule has 1 fully saturated rings. The Morgan fingerprint density at radius 1 is 1.25 bits per heavy atom. The smallest absolute Gasteiger partial charge is 0.255 e. The third-order valence-corrected chi connectivity index (χ3v) is 3.68. The van der Waals surface area contributed by atoms with Crippen LogP contribution >= 0.6 is 0 Å². The van der Waals surface area contributed by atoms with Gasteiger partial charge in [0.15, 0.2) is 0 Å². The highest BCUT2D eigenvalue weighted by Crippen LogP contribution is 2.33. The van der Waals surface area contributed by atoms with Crippen LogP contribution in [-0.4, -0.2) is 22.3 Å². The minimum Gasteiger partial charge on any atom is -0.332 e. The summed E-state index contributed by atoms with van der Waals surface area (Å²) in [5.41, 5.74) is 1.59. The van der Waals surface area contributed by atoms with Gasteiger partial charge in [0.05, 0.1) is 11.6 Å². The van der Waals surface area contributed by atoms with Gasteiger partial charge in [0.25, 0.3) is 5.91 Å². The maximum Gasteiger partial charge on any atom is 0.255 e. The predicted molar refractivity (Wildman–Crippen MR) is 73.6 cm³/mol. The number of hydrogen-bond donors (Lipinski definition) is 0. The molecular weight excluding hydrogens is 255 g/mol. The summed E-state index contributed by atoms with van der Waals surface area (Å²) < 4.78 is 13.0. The lowest BCUT2D eigenvalue weighted by Gasteiger charge is -2.25. The van der Waals surface area contributed by atoms with Gasteiger partial charge in [0, 0.05) is 18.9 Å². The van der Waals surface area contributed by atoms with Crippen molar-refractivity contribution in [1.29, 1.82) is 0 Å². The van der Waals surface area contributed by atoms with Gasteiger partial charge in [-0.3, -0.25) is 9.78 Å². The Bertz CT molecular complexity index is 598. The van der Waals surface area contributed by atoms with Crippen molar-refractivity contribution < 1.29 is 9.18 Å². The second-order valence-electron chi connectivity index (χ2n) is 4.95. The van der Waals surface area contributed by atoms with E-state index in [1.807, 2.05) is 4.90 Å². The van der Waals surface area contributed by atoms with Gasteiger partial charge in [-0.2, -0.15) is 0 Å². The monoisotopic (exact) mass is 270 g/mol. The lowest BCUT2D eigenvalue weighted by molar-refractivity contribution is 0.0735. The molecule has 102 valence electrons. The molecule has 2 aromatic rings. The molecule has 0 spiro atoms. The predicted octanol–water partition coefficient (Wildman–Crippen LogP) is 3.20. The summed E-state index contributed by atoms with van der Waals surface area (Å²) >= 11 is 0. The number of aromatic nitrogens is 1. The molecule has 1 aromatic heterocycles. The van der Waals surface area contributed by atoms with Crippen molar-refractivity contribution in [3.8, 4) is 0 Å². The number of pyridine rings is 1. The van der Waals surface area contributed by atoms with Gasteiger partial charge in [-0.1, -0.05) is 12.1 Å². The van der Waals surface area contributed by atoms with Gasteiger partial charge < -0.3 is 4.90 Å². The Morgan fingerprint density at radius 3 is 2.75 bits per heavy atom. The van der Waals surface area contributed by atoms with Crippen molar-refractivity contribution in [3.05, 3.63) is 65.7 Å². The number of carbonyl (C=O) groups is 1. The first-order valence-electron chi connectivity index (χ1n) is 6.72. The Hall–Kier alpha value is -2.23. The zero-order chi connectivity index (χ0) is 13.9. The number of carbonyl (C=O) groups excluding carboxylic acids is 1. The molecule has 0 aliphatic carbocycles. The molecule has 1 saturated heterocycles. The van der Waals surface area contributed by atoms with Crippen LogP contribution in [0, 0.1) is 5.82 Å². The largest absolute Gasteiger partial charge is 0.332 e. The highest BCUT2D eigenvalue weighted by atomic mass is 19.1. The zero-order valence-corrected chi connectivity index (χ0v) is 11.0. The Balaban J connectivity index is 1.86. The SMILES string of the molecule is O=C(c1cccnc1)N1CCCC1c1ccc(F)cc1. The summed E-state index contributed by atoms with van der Waals surface area (Å²) in [7, 11) is 0. The molecular formula is C16H15FN2O. The maximum atomic E-state index is 13.0. The van der Waals surface area contributed by atoms with E-state index >= 15 is 0 Å². The molecule has 0 N–H and O–H groups in total. The molecule has 3 rings (SSSR count). The normalized spacial score (nSPS) is 18.2. The highest BCUT2D eigenvalue weighted by Gasteiger charge is 2.30. The summed E-state index contributed by atoms with van der Waals surface area (Å²) in [5.74, 6) is -0.262. The van der Waals surface area contributed by atoms with E-state index in [2.05, 4.69) is 4.98 Å². The van der Waals surface area contributed by atoms with Crippen LogP contribution in [-0.2, 0) is 0 Å². The zero-order valence-electron chi connectivity index (χ0n) is 11.0. The summed E-state index contributed by atoms with van der Waals surface area (Å²) in [5, 5.41) is 0. The molecule has 2 heterocycles. The standard InChI is InChI=1S/C16H15FN2O/c17-14-7-5-12(6-8-14)15-4-2-10-19(15)16(20)13-3-1-9-18-11-13/h1,3,5-9,11,15H,2,4,10H2. The van der Waals surface area contributed by atoms with E-state index in [1.54, 1.807) is 36.7 Å². The fourth-order valence-corrected chi connectivity index (χ4v) is 2.70. The number of rotatable bonds is 2. The molecule has 1 unspecified atom stereocenters. The van der Waals surface area contributed by atoms with Crippen LogP contribution in [0.5, 0.6) is 0 Å². The summed E-state index contributed by atoms with van der Waals surface area (Å²) in [6, 6.07) is 9.97. The molecule has 0 radical (unpaired) electrons. The van der Waals surface area contributed by atoms with Gasteiger partial charge in [0.2, 0.25) is 0 Å². The first-order valence-corrected chi connectivity index (χ1v) is 6.72. The average Bonchev–Trinajstić information content (AvgIpc) is 2.97. The van der Waals surface area contributed by atoms with Crippen molar-refractivity contribution in [2.75, 3.05) is 6.54 Å². The molecule has 4 heteroatoms. The van der Waals surface area contributed by atoms with Crippen LogP contribution in [0.15, 0.2) is 48.8 Å². The van der Waals surface area contributed by atoms with E-state index in [9.17, 15) is 9.18 Å². The summed E-state index contributed by atoms with van der Waals surface area (Å²) in [4.78, 5) is 18.4. The Kier molecular flexibility index (Phi) is 3.46. The number of hydrogen-bond acceptors (Lipinski definition) is 2. The van der Waals surface area contributed by atoms with E-state index in [0.29, 0.717) is 5.56 Å². The summed E-state index contributed by atoms with van der Waals surface area (Å²) in [6.45, 7) is 0.732. The van der Waals surface area contributed by atoms with Crippen molar-refractivity contribution in [3.63, 3.8) is 0 Å². The van der Waals surface area contributed by atoms with Crippen molar-refractivity contribution in [2.24, 2.45) is 0 Å². The Labute approximate surface area is 117 Å². The lowest BCUT2D eigenvalue weighted by Crippen LogP contribution is -2.30. The number of nitrogens with zero attached hydrogens (tertiary/aromatic N) is 2. The molecule has 1 aromatic carbocycles. The third kappa shape index (κ3) is 2.41. The first kappa shape index (κ1) is 12.8. The van der Waals surface area contributed by atoms with E-state index < -0.39 is 0 Å². The van der Waals surface area contributed by atoms with E-state index in [0.717, 1.165) is 24.9 Å². The minimum atomic E-state index is -0.253. The number of halogens is 1. The molecule has 20 heavy (non-hydrogen) atoms. The van der Waals surface area contributed by atoms with E-state index in [1.165, 1.54) is 12.1 Å². The van der Waals surface area contributed by atoms with Crippen molar-refractivity contribution >= 4 is 5.91 Å². The fourth-order valence-electron chi connectivity index (χ4n) is 2.70. The molecule has 0 bridgehead atoms. The van der Waals surface area contributed by atoms with Gasteiger partial charge in [-0.25, -0.2) is 4.39 Å². The fraction of sp³-hybridized carbons (Fsp3) is 0.250. The van der Waals surface area contributed by atoms with Crippen LogP contribution in [0.4, 0.5) is 4.39 Å². The van der Waals surface area contributed by atoms with E-state index in [-0.39, 0.29) is 17.8 Å². The van der Waals surface area contributed by atoms with Gasteiger partial charge in [-0.15, -0.1) is 0 Å². The van der Waals surface area contributed by atoms with Crippen molar-refractivity contribution in [1.82, 2.24) is 9.88 Å². The third-order valence-electron chi connectivity index (χ3n) is 3.68. The minimum absolute atomic E-state index is 0.00933. The number of amides is 1. The van der Waals surface area contributed by atoms with Crippen LogP contribution in [0.1, 0.15) is 34.8 Å². The molecule has 1 atom stereocenters. The molecule has 1 aliphatic rings. The maximum absolute atomic E-state index is 13.0. The summed E-state index contributed by atoms with van der Waals surface area (Å²) in [6.07, 6.45) is 5.12. The molecule has 1 amide bonds. The van der Waals surface area contributed by atoms with Gasteiger partial charge in [0.1, 0.15) is 5.82 Å². The molecule has 3 nitrogen and oxygen atoms in total. The number of benzene rings is 1. The van der Waals surface area contributed by atoms with Gasteiger partial charge in [-0.05, 0) is 42.7 Å². The molecule has 1 aliphatic heterocycles. The van der Waals surface area contributed by atoms with Crippen molar-refractivity contribution in [2.45, 2.75) is 18.9 Å². The number of likely N-dealkylation sites (tertiary alicyclic amines) is 1. The quantitative estimate of drug-likeness (QED) is 0.839. The average molecular weight is 270 g/mol. The van der Waals surface area contributed by atoms with Gasteiger partial charge >= 0.3 is 0 Å². The Morgan fingerprint density at radius 2 is 2.05 bits per heavy atom. The first-order chi connectivity index (χ1) is 9.75. The van der Waals surface area contributed by atoms with E-state index in [4.69, 9.17) is 0 Å². The van der Waals surface area contributed by atoms with Crippen LogP contribution in [0.25, 0.3) is 0 Å². The second kappa shape index (κ2) is 5.41. The van der Waals surface area contributed by atoms with Crippen LogP contribution in [0.2, 0.25) is 0 Å². The van der Waals surface area contributed by atoms with Crippen LogP contribution < -0.4 is 0 Å². The molecule has 0 saturated carbocycles. The second-order valence-corrected chi connectivity index (χ2v) is 4.95. The lowest BCUT2D eigenvalue weighted by atomic mass is 10.0. The highest BCUT2D eigenvalue weighted by molar-refractivity contribution is 5.94. The topological polar surface area (TPSA) is 33.2 Å².